The number of hydrogen-bond acceptors (Lipinski definition) is 2. The quantitative estimate of drug-likeness (QED) is 0.668. The van der Waals surface area contributed by atoms with Gasteiger partial charge < -0.3 is 9.30 Å². The van der Waals surface area contributed by atoms with Crippen LogP contribution in [-0.2, 0) is 0 Å². The van der Waals surface area contributed by atoms with Crippen LogP contribution < -0.4 is 4.74 Å². The number of rotatable bonds is 3. The Morgan fingerprint density at radius 3 is 2.36 bits per heavy atom. The van der Waals surface area contributed by atoms with Crippen LogP contribution in [0.2, 0.25) is 0 Å². The molecule has 0 radical (unpaired) electrons. The molecule has 0 atom stereocenters. The van der Waals surface area contributed by atoms with Gasteiger partial charge in [0.25, 0.3) is 0 Å². The molecule has 3 heteroatoms. The number of methoxy groups -OCH3 is 1. The number of benzene rings is 2. The van der Waals surface area contributed by atoms with Crippen molar-refractivity contribution in [3.63, 3.8) is 0 Å². The Morgan fingerprint density at radius 2 is 1.77 bits per heavy atom. The fourth-order valence-electron chi connectivity index (χ4n) is 3.17. The van der Waals surface area contributed by atoms with E-state index in [2.05, 4.69) is 16.7 Å². The second kappa shape index (κ2) is 5.34. The third kappa shape index (κ3) is 2.10. The molecular weight excluding hydrogens is 274 g/mol. The summed E-state index contributed by atoms with van der Waals surface area (Å²) < 4.78 is 7.53. The molecule has 1 aromatic heterocycles. The minimum atomic E-state index is 0.0739. The van der Waals surface area contributed by atoms with Gasteiger partial charge in [0.15, 0.2) is 5.78 Å². The first-order valence-corrected chi connectivity index (χ1v) is 7.30. The zero-order valence-corrected chi connectivity index (χ0v) is 13.3. The molecule has 3 rings (SSSR count). The van der Waals surface area contributed by atoms with E-state index >= 15 is 0 Å². The van der Waals surface area contributed by atoms with E-state index in [1.165, 1.54) is 0 Å². The first-order chi connectivity index (χ1) is 10.5. The molecule has 0 saturated carbocycles. The standard InChI is InChI=1S/C19H19NO2/c1-12-10-16(22-4)11-17-18(14(3)21)13(2)20(19(12)17)15-8-6-5-7-9-15/h5-11H,1-4H3. The number of hydrogen-bond donors (Lipinski definition) is 0. The van der Waals surface area contributed by atoms with Crippen LogP contribution in [0.4, 0.5) is 0 Å². The van der Waals surface area contributed by atoms with Crippen molar-refractivity contribution in [2.45, 2.75) is 20.8 Å². The summed E-state index contributed by atoms with van der Waals surface area (Å²) in [6, 6.07) is 14.1. The summed E-state index contributed by atoms with van der Waals surface area (Å²) in [7, 11) is 1.65. The Kier molecular flexibility index (Phi) is 3.49. The molecule has 0 aliphatic heterocycles. The van der Waals surface area contributed by atoms with Gasteiger partial charge in [-0.2, -0.15) is 0 Å². The maximum absolute atomic E-state index is 12.2. The highest BCUT2D eigenvalue weighted by molar-refractivity contribution is 6.10. The number of ether oxygens (including phenoxy) is 1. The van der Waals surface area contributed by atoms with E-state index < -0.39 is 0 Å². The summed E-state index contributed by atoms with van der Waals surface area (Å²) in [5.41, 5.74) is 4.94. The van der Waals surface area contributed by atoms with Crippen LogP contribution in [-0.4, -0.2) is 17.5 Å². The Balaban J connectivity index is 2.48. The first-order valence-electron chi connectivity index (χ1n) is 7.30. The second-order valence-electron chi connectivity index (χ2n) is 5.53. The number of para-hydroxylation sites is 1. The lowest BCUT2D eigenvalue weighted by atomic mass is 10.1. The van der Waals surface area contributed by atoms with E-state index in [0.717, 1.165) is 39.2 Å². The number of aromatic nitrogens is 1. The Hall–Kier alpha value is -2.55. The van der Waals surface area contributed by atoms with E-state index in [1.54, 1.807) is 14.0 Å². The number of aryl methyl sites for hydroxylation is 1. The Morgan fingerprint density at radius 1 is 1.09 bits per heavy atom. The molecule has 0 aliphatic carbocycles. The van der Waals surface area contributed by atoms with Crippen molar-refractivity contribution in [2.24, 2.45) is 0 Å². The summed E-state index contributed by atoms with van der Waals surface area (Å²) in [6.45, 7) is 5.66. The van der Waals surface area contributed by atoms with Crippen LogP contribution >= 0.6 is 0 Å². The van der Waals surface area contributed by atoms with Gasteiger partial charge in [0, 0.05) is 22.3 Å². The second-order valence-corrected chi connectivity index (χ2v) is 5.53. The number of fused-ring (bicyclic) bond motifs is 1. The number of nitrogens with zero attached hydrogens (tertiary/aromatic N) is 1. The van der Waals surface area contributed by atoms with Crippen LogP contribution in [0, 0.1) is 13.8 Å². The summed E-state index contributed by atoms with van der Waals surface area (Å²) in [4.78, 5) is 12.2. The fraction of sp³-hybridized carbons (Fsp3) is 0.211. The minimum absolute atomic E-state index is 0.0739. The number of ketones is 1. The molecule has 112 valence electrons. The lowest BCUT2D eigenvalue weighted by Crippen LogP contribution is -2.00. The van der Waals surface area contributed by atoms with Crippen molar-refractivity contribution < 1.29 is 9.53 Å². The van der Waals surface area contributed by atoms with Gasteiger partial charge in [0.05, 0.1) is 12.6 Å². The van der Waals surface area contributed by atoms with Crippen molar-refractivity contribution in [1.82, 2.24) is 4.57 Å². The van der Waals surface area contributed by atoms with Gasteiger partial charge in [-0.15, -0.1) is 0 Å². The molecule has 0 fully saturated rings. The molecule has 2 aromatic carbocycles. The third-order valence-corrected chi connectivity index (χ3v) is 4.07. The van der Waals surface area contributed by atoms with Crippen molar-refractivity contribution in [3.8, 4) is 11.4 Å². The molecule has 1 heterocycles. The highest BCUT2D eigenvalue weighted by atomic mass is 16.5. The highest BCUT2D eigenvalue weighted by Gasteiger charge is 2.20. The molecule has 0 bridgehead atoms. The SMILES string of the molecule is COc1cc(C)c2c(c1)c(C(C)=O)c(C)n2-c1ccccc1. The molecule has 0 saturated heterocycles. The number of carbonyl (C=O) groups excluding carboxylic acids is 1. The molecular formula is C19H19NO2. The molecule has 0 unspecified atom stereocenters. The summed E-state index contributed by atoms with van der Waals surface area (Å²) in [5.74, 6) is 0.850. The molecule has 0 amide bonds. The maximum atomic E-state index is 12.2. The molecule has 0 spiro atoms. The minimum Gasteiger partial charge on any atom is -0.497 e. The predicted molar refractivity (Wildman–Crippen MR) is 89.3 cm³/mol. The lowest BCUT2D eigenvalue weighted by Gasteiger charge is -2.11. The van der Waals surface area contributed by atoms with E-state index in [-0.39, 0.29) is 5.78 Å². The van der Waals surface area contributed by atoms with Crippen LogP contribution in [0.25, 0.3) is 16.6 Å². The van der Waals surface area contributed by atoms with Crippen molar-refractivity contribution in [2.75, 3.05) is 7.11 Å². The average molecular weight is 293 g/mol. The third-order valence-electron chi connectivity index (χ3n) is 4.07. The number of carbonyl (C=O) groups is 1. The largest absolute Gasteiger partial charge is 0.497 e. The number of Topliss-reactive ketones (excluding diaryl/α,β-unsaturated/α-hetero) is 1. The average Bonchev–Trinajstić information content (AvgIpc) is 2.80. The molecule has 3 aromatic rings. The normalized spacial score (nSPS) is 10.9. The zero-order valence-electron chi connectivity index (χ0n) is 13.3. The molecule has 22 heavy (non-hydrogen) atoms. The predicted octanol–water partition coefficient (Wildman–Crippen LogP) is 4.46. The van der Waals surface area contributed by atoms with Crippen molar-refractivity contribution in [3.05, 3.63) is 59.3 Å². The Bertz CT molecular complexity index is 860. The molecule has 0 N–H and O–H groups in total. The molecule has 0 aliphatic rings. The van der Waals surface area contributed by atoms with Crippen molar-refractivity contribution in [1.29, 1.82) is 0 Å². The van der Waals surface area contributed by atoms with Crippen molar-refractivity contribution >= 4 is 16.7 Å². The van der Waals surface area contributed by atoms with Gasteiger partial charge >= 0.3 is 0 Å². The van der Waals surface area contributed by atoms with Gasteiger partial charge in [-0.1, -0.05) is 18.2 Å². The van der Waals surface area contributed by atoms with Gasteiger partial charge in [-0.05, 0) is 50.6 Å². The fourth-order valence-corrected chi connectivity index (χ4v) is 3.17. The van der Waals surface area contributed by atoms with E-state index in [9.17, 15) is 4.79 Å². The highest BCUT2D eigenvalue weighted by Crippen LogP contribution is 2.34. The van der Waals surface area contributed by atoms with E-state index in [1.807, 2.05) is 44.2 Å². The Labute approximate surface area is 130 Å². The smallest absolute Gasteiger partial charge is 0.162 e. The lowest BCUT2D eigenvalue weighted by molar-refractivity contribution is 0.101. The van der Waals surface area contributed by atoms with Gasteiger partial charge in [-0.3, -0.25) is 4.79 Å². The topological polar surface area (TPSA) is 31.2 Å². The molecule has 3 nitrogen and oxygen atoms in total. The van der Waals surface area contributed by atoms with Gasteiger partial charge in [0.2, 0.25) is 0 Å². The maximum Gasteiger partial charge on any atom is 0.162 e. The van der Waals surface area contributed by atoms with Crippen LogP contribution in [0.15, 0.2) is 42.5 Å². The summed E-state index contributed by atoms with van der Waals surface area (Å²) >= 11 is 0. The van der Waals surface area contributed by atoms with Crippen LogP contribution in [0.1, 0.15) is 28.5 Å². The monoisotopic (exact) mass is 293 g/mol. The van der Waals surface area contributed by atoms with Crippen LogP contribution in [0.3, 0.4) is 0 Å². The van der Waals surface area contributed by atoms with Crippen LogP contribution in [0.5, 0.6) is 5.75 Å². The van der Waals surface area contributed by atoms with E-state index in [4.69, 9.17) is 4.74 Å². The summed E-state index contributed by atoms with van der Waals surface area (Å²) in [6.07, 6.45) is 0. The van der Waals surface area contributed by atoms with Gasteiger partial charge in [0.1, 0.15) is 5.75 Å². The first kappa shape index (κ1) is 14.4. The van der Waals surface area contributed by atoms with E-state index in [0.29, 0.717) is 0 Å². The summed E-state index contributed by atoms with van der Waals surface area (Å²) in [5, 5.41) is 0.950. The van der Waals surface area contributed by atoms with Gasteiger partial charge in [-0.25, -0.2) is 0 Å². The zero-order chi connectivity index (χ0) is 15.9.